The molecule has 0 aliphatic heterocycles. The lowest BCUT2D eigenvalue weighted by molar-refractivity contribution is -0.140. The first-order valence-electron chi connectivity index (χ1n) is 6.29. The minimum absolute atomic E-state index is 0.136. The highest BCUT2D eigenvalue weighted by molar-refractivity contribution is 5.69. The van der Waals surface area contributed by atoms with E-state index >= 15 is 0 Å². The van der Waals surface area contributed by atoms with Gasteiger partial charge in [0.25, 0.3) is 0 Å². The van der Waals surface area contributed by atoms with Gasteiger partial charge in [-0.25, -0.2) is 0 Å². The molecule has 0 saturated heterocycles. The van der Waals surface area contributed by atoms with Gasteiger partial charge in [0.2, 0.25) is 5.95 Å². The molecule has 0 N–H and O–H groups in total. The fraction of sp³-hybridized carbons (Fsp3) is 0.667. The summed E-state index contributed by atoms with van der Waals surface area (Å²) in [5, 5.41) is 0. The fourth-order valence-corrected chi connectivity index (χ4v) is 1.49. The van der Waals surface area contributed by atoms with Crippen molar-refractivity contribution < 1.29 is 23.7 Å². The van der Waals surface area contributed by atoms with E-state index in [1.165, 1.54) is 21.3 Å². The summed E-state index contributed by atoms with van der Waals surface area (Å²) in [5.74, 6) is 0.0325. The lowest BCUT2D eigenvalue weighted by atomic mass is 10.4. The maximum Gasteiger partial charge on any atom is 0.324 e. The molecular weight excluding hydrogens is 280 g/mol. The number of anilines is 1. The van der Waals surface area contributed by atoms with Crippen molar-refractivity contribution in [3.63, 3.8) is 0 Å². The molecule has 0 saturated carbocycles. The van der Waals surface area contributed by atoms with Crippen molar-refractivity contribution in [1.82, 2.24) is 15.0 Å². The Hall–Kier alpha value is -2.16. The van der Waals surface area contributed by atoms with Crippen LogP contribution in [0.25, 0.3) is 0 Å². The number of methoxy groups -OCH3 is 4. The van der Waals surface area contributed by atoms with Gasteiger partial charge in [-0.3, -0.25) is 4.79 Å². The summed E-state index contributed by atoms with van der Waals surface area (Å²) < 4.78 is 19.7. The predicted octanol–water partition coefficient (Wildman–Crippen LogP) is -0.0953. The highest BCUT2D eigenvalue weighted by Crippen LogP contribution is 2.16. The van der Waals surface area contributed by atoms with Crippen LogP contribution in [0.2, 0.25) is 0 Å². The van der Waals surface area contributed by atoms with E-state index in [4.69, 9.17) is 14.2 Å². The standard InChI is InChI=1S/C12H20N4O5/c1-18-8-7-16(6-5-9(17)19-2)10-13-11(20-3)15-12(14-10)21-4/h5-8H2,1-4H3. The van der Waals surface area contributed by atoms with Gasteiger partial charge in [0.15, 0.2) is 0 Å². The molecule has 0 bridgehead atoms. The zero-order valence-corrected chi connectivity index (χ0v) is 12.7. The first-order valence-corrected chi connectivity index (χ1v) is 6.29. The van der Waals surface area contributed by atoms with E-state index in [2.05, 4.69) is 19.7 Å². The zero-order chi connectivity index (χ0) is 15.7. The lowest BCUT2D eigenvalue weighted by Crippen LogP contribution is -2.31. The van der Waals surface area contributed by atoms with Gasteiger partial charge in [0.05, 0.1) is 34.4 Å². The first-order chi connectivity index (χ1) is 10.1. The molecule has 0 aliphatic carbocycles. The normalized spacial score (nSPS) is 10.1. The van der Waals surface area contributed by atoms with Gasteiger partial charge in [-0.2, -0.15) is 9.97 Å². The summed E-state index contributed by atoms with van der Waals surface area (Å²) >= 11 is 0. The number of aromatic nitrogens is 3. The third-order valence-corrected chi connectivity index (χ3v) is 2.61. The molecule has 1 rings (SSSR count). The lowest BCUT2D eigenvalue weighted by Gasteiger charge is -2.22. The molecule has 0 unspecified atom stereocenters. The Morgan fingerprint density at radius 3 is 2.10 bits per heavy atom. The van der Waals surface area contributed by atoms with Crippen LogP contribution in [0.5, 0.6) is 12.0 Å². The Kier molecular flexibility index (Phi) is 7.16. The molecule has 0 aromatic carbocycles. The minimum atomic E-state index is -0.314. The Morgan fingerprint density at radius 2 is 1.62 bits per heavy atom. The van der Waals surface area contributed by atoms with Gasteiger partial charge in [0, 0.05) is 20.2 Å². The van der Waals surface area contributed by atoms with Crippen molar-refractivity contribution in [3.05, 3.63) is 0 Å². The van der Waals surface area contributed by atoms with Crippen LogP contribution in [0.4, 0.5) is 5.95 Å². The van der Waals surface area contributed by atoms with Crippen LogP contribution in [0.15, 0.2) is 0 Å². The number of ether oxygens (including phenoxy) is 4. The quantitative estimate of drug-likeness (QED) is 0.579. The van der Waals surface area contributed by atoms with E-state index in [9.17, 15) is 4.79 Å². The molecule has 9 heteroatoms. The second-order valence-electron chi connectivity index (χ2n) is 3.91. The molecule has 0 atom stereocenters. The molecule has 1 aromatic rings. The van der Waals surface area contributed by atoms with Crippen LogP contribution in [-0.4, -0.2) is 69.1 Å². The van der Waals surface area contributed by atoms with Crippen molar-refractivity contribution in [2.45, 2.75) is 6.42 Å². The Labute approximate surface area is 123 Å². The number of hydrogen-bond donors (Lipinski definition) is 0. The zero-order valence-electron chi connectivity index (χ0n) is 12.7. The average Bonchev–Trinajstić information content (AvgIpc) is 2.53. The second-order valence-corrected chi connectivity index (χ2v) is 3.91. The molecule has 1 aromatic heterocycles. The summed E-state index contributed by atoms with van der Waals surface area (Å²) in [6, 6.07) is 0.273. The van der Waals surface area contributed by atoms with Crippen molar-refractivity contribution in [1.29, 1.82) is 0 Å². The van der Waals surface area contributed by atoms with Crippen molar-refractivity contribution >= 4 is 11.9 Å². The molecule has 0 spiro atoms. The monoisotopic (exact) mass is 300 g/mol. The largest absolute Gasteiger partial charge is 0.469 e. The number of carbonyl (C=O) groups is 1. The smallest absolute Gasteiger partial charge is 0.324 e. The van der Waals surface area contributed by atoms with Gasteiger partial charge in [0.1, 0.15) is 0 Å². The molecule has 0 radical (unpaired) electrons. The fourth-order valence-electron chi connectivity index (χ4n) is 1.49. The van der Waals surface area contributed by atoms with Crippen LogP contribution in [-0.2, 0) is 14.3 Å². The van der Waals surface area contributed by atoms with Crippen LogP contribution < -0.4 is 14.4 Å². The Bertz CT molecular complexity index is 435. The summed E-state index contributed by atoms with van der Waals surface area (Å²) in [6.45, 7) is 1.34. The molecular formula is C12H20N4O5. The first kappa shape index (κ1) is 16.9. The van der Waals surface area contributed by atoms with E-state index in [0.29, 0.717) is 25.6 Å². The highest BCUT2D eigenvalue weighted by Gasteiger charge is 2.16. The second kappa shape index (κ2) is 8.90. The maximum absolute atomic E-state index is 11.3. The third kappa shape index (κ3) is 5.38. The molecule has 9 nitrogen and oxygen atoms in total. The summed E-state index contributed by atoms with van der Waals surface area (Å²) in [6.07, 6.45) is 0.205. The molecule has 0 amide bonds. The topological polar surface area (TPSA) is 95.9 Å². The van der Waals surface area contributed by atoms with E-state index in [1.807, 2.05) is 0 Å². The highest BCUT2D eigenvalue weighted by atomic mass is 16.5. The SMILES string of the molecule is COCCN(CCC(=O)OC)c1nc(OC)nc(OC)n1. The van der Waals surface area contributed by atoms with Crippen molar-refractivity contribution in [2.24, 2.45) is 0 Å². The van der Waals surface area contributed by atoms with E-state index < -0.39 is 0 Å². The summed E-state index contributed by atoms with van der Waals surface area (Å²) in [4.78, 5) is 25.3. The van der Waals surface area contributed by atoms with Crippen LogP contribution in [0, 0.1) is 0 Å². The number of carbonyl (C=O) groups excluding carboxylic acids is 1. The van der Waals surface area contributed by atoms with Crippen molar-refractivity contribution in [3.8, 4) is 12.0 Å². The van der Waals surface area contributed by atoms with Crippen LogP contribution in [0.1, 0.15) is 6.42 Å². The number of esters is 1. The van der Waals surface area contributed by atoms with Gasteiger partial charge in [-0.15, -0.1) is 4.98 Å². The van der Waals surface area contributed by atoms with E-state index in [0.717, 1.165) is 0 Å². The molecule has 1 heterocycles. The molecule has 0 fully saturated rings. The average molecular weight is 300 g/mol. The Balaban J connectivity index is 2.92. The molecule has 21 heavy (non-hydrogen) atoms. The maximum atomic E-state index is 11.3. The summed E-state index contributed by atoms with van der Waals surface area (Å²) in [7, 11) is 5.84. The number of nitrogens with zero attached hydrogens (tertiary/aromatic N) is 4. The van der Waals surface area contributed by atoms with E-state index in [-0.39, 0.29) is 24.4 Å². The van der Waals surface area contributed by atoms with Gasteiger partial charge < -0.3 is 23.8 Å². The Morgan fingerprint density at radius 1 is 1.00 bits per heavy atom. The minimum Gasteiger partial charge on any atom is -0.469 e. The number of hydrogen-bond acceptors (Lipinski definition) is 9. The van der Waals surface area contributed by atoms with Gasteiger partial charge in [-0.1, -0.05) is 0 Å². The van der Waals surface area contributed by atoms with Crippen molar-refractivity contribution in [2.75, 3.05) is 53.0 Å². The summed E-state index contributed by atoms with van der Waals surface area (Å²) in [5.41, 5.74) is 0. The van der Waals surface area contributed by atoms with E-state index in [1.54, 1.807) is 12.0 Å². The van der Waals surface area contributed by atoms with Gasteiger partial charge in [-0.05, 0) is 0 Å². The van der Waals surface area contributed by atoms with Crippen LogP contribution in [0.3, 0.4) is 0 Å². The molecule has 0 aliphatic rings. The van der Waals surface area contributed by atoms with Gasteiger partial charge >= 0.3 is 18.0 Å². The predicted molar refractivity (Wildman–Crippen MR) is 73.7 cm³/mol. The molecule has 118 valence electrons. The number of rotatable bonds is 9. The third-order valence-electron chi connectivity index (χ3n) is 2.61. The van der Waals surface area contributed by atoms with Crippen LogP contribution >= 0.6 is 0 Å².